The molecule has 1 aliphatic rings. The molecule has 0 bridgehead atoms. The lowest BCUT2D eigenvalue weighted by atomic mass is 10.00. The van der Waals surface area contributed by atoms with Crippen LogP contribution in [-0.2, 0) is 12.8 Å². The van der Waals surface area contributed by atoms with Gasteiger partial charge in [0.2, 0.25) is 0 Å². The van der Waals surface area contributed by atoms with Gasteiger partial charge in [-0.15, -0.1) is 11.3 Å². The number of hydrogen-bond acceptors (Lipinski definition) is 4. The lowest BCUT2D eigenvalue weighted by Crippen LogP contribution is -2.47. The largest absolute Gasteiger partial charge is 0.360 e. The molecule has 0 aromatic carbocycles. The van der Waals surface area contributed by atoms with Crippen LogP contribution in [0.2, 0.25) is 0 Å². The number of carbonyl (C=O) groups excluding carboxylic acids is 1. The van der Waals surface area contributed by atoms with Crippen molar-refractivity contribution in [2.45, 2.75) is 38.5 Å². The summed E-state index contributed by atoms with van der Waals surface area (Å²) in [5.41, 5.74) is 6.80. The van der Waals surface area contributed by atoms with Crippen molar-refractivity contribution in [3.63, 3.8) is 0 Å². The van der Waals surface area contributed by atoms with Gasteiger partial charge in [0.05, 0.1) is 4.88 Å². The summed E-state index contributed by atoms with van der Waals surface area (Å²) in [6.45, 7) is 1.62. The second-order valence-corrected chi connectivity index (χ2v) is 7.66. The van der Waals surface area contributed by atoms with Crippen LogP contribution in [-0.4, -0.2) is 43.1 Å². The van der Waals surface area contributed by atoms with E-state index in [0.717, 1.165) is 30.8 Å². The Hall–Kier alpha value is -1.18. The normalized spacial score (nSPS) is 14.6. The molecule has 0 radical (unpaired) electrons. The third-order valence-electron chi connectivity index (χ3n) is 3.85. The number of hydrogen-bond donors (Lipinski definition) is 3. The van der Waals surface area contributed by atoms with Gasteiger partial charge in [0, 0.05) is 18.0 Å². The maximum atomic E-state index is 12.3. The second kappa shape index (κ2) is 9.20. The van der Waals surface area contributed by atoms with Crippen LogP contribution in [0.25, 0.3) is 0 Å². The summed E-state index contributed by atoms with van der Waals surface area (Å²) < 4.78 is 0. The van der Waals surface area contributed by atoms with Crippen molar-refractivity contribution in [3.05, 3.63) is 21.4 Å². The van der Waals surface area contributed by atoms with Crippen LogP contribution in [0, 0.1) is 0 Å². The molecule has 1 aliphatic carbocycles. The summed E-state index contributed by atoms with van der Waals surface area (Å²) in [4.78, 5) is 16.5. The Morgan fingerprint density at radius 3 is 2.70 bits per heavy atom. The third-order valence-corrected chi connectivity index (χ3v) is 5.34. The Bertz CT molecular complexity index is 517. The zero-order valence-electron chi connectivity index (χ0n) is 13.9. The molecule has 1 aromatic rings. The molecule has 3 N–H and O–H groups in total. The summed E-state index contributed by atoms with van der Waals surface area (Å²) in [7, 11) is 4.01. The number of thiocarbonyl (C=S) groups is 1. The van der Waals surface area contributed by atoms with Gasteiger partial charge < -0.3 is 10.2 Å². The van der Waals surface area contributed by atoms with Crippen molar-refractivity contribution >= 4 is 34.6 Å². The standard InChI is InChI=1S/C16H26N4OS2/c1-20(2)10-9-17-16(22)19-18-15(21)14-11-12-7-5-3-4-6-8-13(12)23-14/h11H,3-10H2,1-2H3,(H,18,21)(H2,17,19,22). The molecule has 5 nitrogen and oxygen atoms in total. The first-order chi connectivity index (χ1) is 11.1. The average molecular weight is 355 g/mol. The Kier molecular flexibility index (Phi) is 7.26. The van der Waals surface area contributed by atoms with E-state index >= 15 is 0 Å². The molecule has 0 atom stereocenters. The topological polar surface area (TPSA) is 56.4 Å². The molecule has 2 rings (SSSR count). The van der Waals surface area contributed by atoms with E-state index in [2.05, 4.69) is 21.1 Å². The first kappa shape index (κ1) is 18.2. The number of hydrazine groups is 1. The minimum atomic E-state index is -0.112. The molecule has 1 aromatic heterocycles. The molecule has 128 valence electrons. The summed E-state index contributed by atoms with van der Waals surface area (Å²) in [5, 5.41) is 3.49. The number of likely N-dealkylation sites (N-methyl/N-ethyl adjacent to an activating group) is 1. The second-order valence-electron chi connectivity index (χ2n) is 6.11. The smallest absolute Gasteiger partial charge is 0.279 e. The first-order valence-corrected chi connectivity index (χ1v) is 9.39. The number of nitrogens with one attached hydrogen (secondary N) is 3. The molecule has 0 saturated heterocycles. The molecular weight excluding hydrogens is 328 g/mol. The zero-order valence-corrected chi connectivity index (χ0v) is 15.5. The molecule has 0 spiro atoms. The van der Waals surface area contributed by atoms with E-state index in [-0.39, 0.29) is 5.91 Å². The Morgan fingerprint density at radius 1 is 1.22 bits per heavy atom. The Morgan fingerprint density at radius 2 is 1.96 bits per heavy atom. The molecule has 1 heterocycles. The quantitative estimate of drug-likeness (QED) is 0.571. The molecule has 0 fully saturated rings. The number of aryl methyl sites for hydroxylation is 2. The van der Waals surface area contributed by atoms with E-state index in [0.29, 0.717) is 5.11 Å². The van der Waals surface area contributed by atoms with Crippen LogP contribution in [0.4, 0.5) is 0 Å². The van der Waals surface area contributed by atoms with E-state index in [9.17, 15) is 4.79 Å². The predicted octanol–water partition coefficient (Wildman–Crippen LogP) is 2.08. The van der Waals surface area contributed by atoms with Crippen molar-refractivity contribution in [1.29, 1.82) is 0 Å². The molecule has 0 unspecified atom stereocenters. The highest BCUT2D eigenvalue weighted by Gasteiger charge is 2.15. The fourth-order valence-electron chi connectivity index (χ4n) is 2.57. The number of fused-ring (bicyclic) bond motifs is 1. The summed E-state index contributed by atoms with van der Waals surface area (Å²) in [6.07, 6.45) is 7.25. The first-order valence-electron chi connectivity index (χ1n) is 8.17. The summed E-state index contributed by atoms with van der Waals surface area (Å²) in [5.74, 6) is -0.112. The highest BCUT2D eigenvalue weighted by atomic mass is 32.1. The lowest BCUT2D eigenvalue weighted by Gasteiger charge is -2.13. The number of rotatable bonds is 4. The van der Waals surface area contributed by atoms with Gasteiger partial charge in [0.1, 0.15) is 0 Å². The van der Waals surface area contributed by atoms with Crippen molar-refractivity contribution in [2.24, 2.45) is 0 Å². The number of thiophene rings is 1. The van der Waals surface area contributed by atoms with Crippen molar-refractivity contribution in [3.8, 4) is 0 Å². The monoisotopic (exact) mass is 354 g/mol. The number of nitrogens with zero attached hydrogens (tertiary/aromatic N) is 1. The van der Waals surface area contributed by atoms with Crippen LogP contribution in [0.15, 0.2) is 6.07 Å². The fraction of sp³-hybridized carbons (Fsp3) is 0.625. The summed E-state index contributed by atoms with van der Waals surface area (Å²) in [6, 6.07) is 2.05. The van der Waals surface area contributed by atoms with Crippen molar-refractivity contribution < 1.29 is 4.79 Å². The highest BCUT2D eigenvalue weighted by Crippen LogP contribution is 2.28. The van der Waals surface area contributed by atoms with E-state index in [1.807, 2.05) is 20.2 Å². The molecule has 1 amide bonds. The maximum absolute atomic E-state index is 12.3. The van der Waals surface area contributed by atoms with Gasteiger partial charge in [-0.1, -0.05) is 12.8 Å². The minimum Gasteiger partial charge on any atom is -0.360 e. The van der Waals surface area contributed by atoms with E-state index in [4.69, 9.17) is 12.2 Å². The van der Waals surface area contributed by atoms with E-state index in [1.54, 1.807) is 11.3 Å². The molecule has 23 heavy (non-hydrogen) atoms. The van der Waals surface area contributed by atoms with Gasteiger partial charge >= 0.3 is 0 Å². The van der Waals surface area contributed by atoms with Crippen LogP contribution in [0.1, 0.15) is 45.8 Å². The zero-order chi connectivity index (χ0) is 16.7. The van der Waals surface area contributed by atoms with Crippen LogP contribution in [0.3, 0.4) is 0 Å². The van der Waals surface area contributed by atoms with Gasteiger partial charge in [-0.3, -0.25) is 15.6 Å². The van der Waals surface area contributed by atoms with Gasteiger partial charge in [-0.05, 0) is 63.6 Å². The van der Waals surface area contributed by atoms with E-state index in [1.165, 1.54) is 36.1 Å². The molecule has 7 heteroatoms. The van der Waals surface area contributed by atoms with Crippen LogP contribution >= 0.6 is 23.6 Å². The molecule has 0 saturated carbocycles. The maximum Gasteiger partial charge on any atom is 0.279 e. The van der Waals surface area contributed by atoms with Crippen molar-refractivity contribution in [1.82, 2.24) is 21.1 Å². The molecular formula is C16H26N4OS2. The van der Waals surface area contributed by atoms with Gasteiger partial charge in [0.25, 0.3) is 5.91 Å². The minimum absolute atomic E-state index is 0.112. The Balaban J connectivity index is 1.81. The van der Waals surface area contributed by atoms with Crippen LogP contribution in [0.5, 0.6) is 0 Å². The average Bonchev–Trinajstić information content (AvgIpc) is 2.87. The lowest BCUT2D eigenvalue weighted by molar-refractivity contribution is 0.0947. The van der Waals surface area contributed by atoms with Gasteiger partial charge in [0.15, 0.2) is 5.11 Å². The fourth-order valence-corrected chi connectivity index (χ4v) is 3.87. The molecule has 0 aliphatic heterocycles. The number of carbonyl (C=O) groups is 1. The third kappa shape index (κ3) is 6.08. The van der Waals surface area contributed by atoms with Crippen LogP contribution < -0.4 is 16.2 Å². The van der Waals surface area contributed by atoms with Crippen molar-refractivity contribution in [2.75, 3.05) is 27.2 Å². The summed E-state index contributed by atoms with van der Waals surface area (Å²) >= 11 is 6.76. The highest BCUT2D eigenvalue weighted by molar-refractivity contribution is 7.80. The van der Waals surface area contributed by atoms with Gasteiger partial charge in [-0.2, -0.15) is 0 Å². The Labute approximate surface area is 147 Å². The predicted molar refractivity (Wildman–Crippen MR) is 100.0 cm³/mol. The van der Waals surface area contributed by atoms with Gasteiger partial charge in [-0.25, -0.2) is 0 Å². The SMILES string of the molecule is CN(C)CCNC(=S)NNC(=O)c1cc2c(s1)CCCCCC2. The number of amides is 1. The van der Waals surface area contributed by atoms with E-state index < -0.39 is 0 Å².